The van der Waals surface area contributed by atoms with Gasteiger partial charge in [-0.05, 0) is 33.1 Å². The number of carbonyl (C=O) groups is 1. The minimum atomic E-state index is -3.84. The number of allylic oxidation sites excluding steroid dienone is 1. The molecule has 0 bridgehead atoms. The van der Waals surface area contributed by atoms with Crippen LogP contribution < -0.4 is 0 Å². The molecule has 6 nitrogen and oxygen atoms in total. The van der Waals surface area contributed by atoms with Crippen LogP contribution in [0, 0.1) is 0 Å². The highest BCUT2D eigenvalue weighted by Crippen LogP contribution is 2.49. The summed E-state index contributed by atoms with van der Waals surface area (Å²) in [7, 11) is -3.84. The van der Waals surface area contributed by atoms with Gasteiger partial charge in [0.05, 0.1) is 13.2 Å². The third-order valence-corrected chi connectivity index (χ3v) is 4.19. The highest BCUT2D eigenvalue weighted by atomic mass is 31.2. The maximum absolute atomic E-state index is 12.1. The lowest BCUT2D eigenvalue weighted by atomic mass is 10.1. The van der Waals surface area contributed by atoms with E-state index in [1.165, 1.54) is 0 Å². The number of carbonyl (C=O) groups excluding carboxylic acids is 1. The molecule has 0 aliphatic rings. The van der Waals surface area contributed by atoms with Gasteiger partial charge < -0.3 is 0 Å². The van der Waals surface area contributed by atoms with Crippen LogP contribution >= 0.6 is 7.82 Å². The van der Waals surface area contributed by atoms with Crippen LogP contribution in [-0.2, 0) is 28.0 Å². The van der Waals surface area contributed by atoms with Crippen molar-refractivity contribution in [1.82, 2.24) is 0 Å². The summed E-state index contributed by atoms with van der Waals surface area (Å²) in [6.45, 7) is 7.68. The van der Waals surface area contributed by atoms with E-state index in [1.54, 1.807) is 13.8 Å². The molecule has 0 aromatic heterocycles. The van der Waals surface area contributed by atoms with E-state index in [0.717, 1.165) is 32.1 Å². The highest BCUT2D eigenvalue weighted by molar-refractivity contribution is 7.48. The molecule has 0 saturated heterocycles. The second kappa shape index (κ2) is 12.8. The normalized spacial score (nSPS) is 12.5. The van der Waals surface area contributed by atoms with Gasteiger partial charge in [-0.1, -0.05) is 43.9 Å². The Balaban J connectivity index is 4.65. The Hall–Kier alpha value is -0.680. The predicted octanol–water partition coefficient (Wildman–Crippen LogP) is 4.95. The van der Waals surface area contributed by atoms with Gasteiger partial charge in [-0.25, -0.2) is 9.36 Å². The van der Waals surface area contributed by atoms with Crippen LogP contribution in [0.4, 0.5) is 0 Å². The van der Waals surface area contributed by atoms with Crippen molar-refractivity contribution in [2.75, 3.05) is 13.2 Å². The van der Waals surface area contributed by atoms with Crippen molar-refractivity contribution in [2.24, 2.45) is 0 Å². The zero-order valence-electron chi connectivity index (χ0n) is 14.1. The van der Waals surface area contributed by atoms with Gasteiger partial charge in [-0.3, -0.25) is 13.9 Å². The summed E-state index contributed by atoms with van der Waals surface area (Å²) in [4.78, 5) is 16.7. The van der Waals surface area contributed by atoms with Crippen LogP contribution in [0.2, 0.25) is 0 Å². The van der Waals surface area contributed by atoms with E-state index in [0.29, 0.717) is 12.0 Å². The Kier molecular flexibility index (Phi) is 12.4. The molecule has 0 atom stereocenters. The van der Waals surface area contributed by atoms with Gasteiger partial charge in [-0.2, -0.15) is 0 Å². The van der Waals surface area contributed by atoms with Gasteiger partial charge in [0.25, 0.3) is 0 Å². The predicted molar refractivity (Wildman–Crippen MR) is 85.2 cm³/mol. The SMILES string of the molecule is CCCCC=C(CCCC)C(=O)OOP(=O)(OCC)OCC. The zero-order valence-corrected chi connectivity index (χ0v) is 15.0. The van der Waals surface area contributed by atoms with E-state index < -0.39 is 13.8 Å². The number of phosphoric ester groups is 1. The molecule has 0 spiro atoms. The van der Waals surface area contributed by atoms with E-state index in [1.807, 2.05) is 13.0 Å². The van der Waals surface area contributed by atoms with Crippen LogP contribution in [0.25, 0.3) is 0 Å². The second-order valence-electron chi connectivity index (χ2n) is 4.70. The summed E-state index contributed by atoms with van der Waals surface area (Å²) in [6.07, 6.45) is 7.16. The standard InChI is InChI=1S/C15H29O6P/c1-5-9-11-13-14(12-10-6-2)15(16)20-21-22(17,18-7-3)19-8-4/h13H,5-12H2,1-4H3. The fraction of sp³-hybridized carbons (Fsp3) is 0.800. The van der Waals surface area contributed by atoms with Crippen LogP contribution in [0.3, 0.4) is 0 Å². The number of hydrogen-bond donors (Lipinski definition) is 0. The van der Waals surface area contributed by atoms with Crippen molar-refractivity contribution in [3.8, 4) is 0 Å². The summed E-state index contributed by atoms with van der Waals surface area (Å²) in [5.41, 5.74) is 0.537. The fourth-order valence-corrected chi connectivity index (χ4v) is 2.62. The Labute approximate surface area is 133 Å². The summed E-state index contributed by atoms with van der Waals surface area (Å²) in [5, 5.41) is 0. The Morgan fingerprint density at radius 1 is 1.00 bits per heavy atom. The molecule has 0 amide bonds. The molecule has 130 valence electrons. The number of rotatable bonds is 13. The number of phosphoric acid groups is 1. The van der Waals surface area contributed by atoms with Crippen molar-refractivity contribution in [1.29, 1.82) is 0 Å². The van der Waals surface area contributed by atoms with Crippen molar-refractivity contribution in [2.45, 2.75) is 66.2 Å². The first-order valence-electron chi connectivity index (χ1n) is 8.01. The van der Waals surface area contributed by atoms with E-state index >= 15 is 0 Å². The third-order valence-electron chi connectivity index (χ3n) is 2.79. The van der Waals surface area contributed by atoms with Crippen molar-refractivity contribution in [3.63, 3.8) is 0 Å². The van der Waals surface area contributed by atoms with E-state index in [-0.39, 0.29) is 13.2 Å². The molecule has 0 unspecified atom stereocenters. The van der Waals surface area contributed by atoms with Gasteiger partial charge in [-0.15, -0.1) is 0 Å². The van der Waals surface area contributed by atoms with Crippen molar-refractivity contribution < 1.29 is 28.0 Å². The maximum atomic E-state index is 12.1. The summed E-state index contributed by atoms with van der Waals surface area (Å²) < 4.78 is 26.5. The molecule has 7 heteroatoms. The monoisotopic (exact) mass is 336 g/mol. The molecule has 0 aromatic rings. The minimum Gasteiger partial charge on any atom is -0.285 e. The molecule has 0 aromatic carbocycles. The first kappa shape index (κ1) is 21.3. The molecule has 0 aliphatic carbocycles. The van der Waals surface area contributed by atoms with Crippen molar-refractivity contribution >= 4 is 13.8 Å². The molecule has 0 rings (SSSR count). The van der Waals surface area contributed by atoms with Crippen LogP contribution in [0.5, 0.6) is 0 Å². The summed E-state index contributed by atoms with van der Waals surface area (Å²) in [5.74, 6) is -0.635. The van der Waals surface area contributed by atoms with Crippen LogP contribution in [0.1, 0.15) is 66.2 Å². The molecule has 0 aliphatic heterocycles. The van der Waals surface area contributed by atoms with E-state index in [4.69, 9.17) is 9.05 Å². The average Bonchev–Trinajstić information content (AvgIpc) is 2.49. The molecule has 0 heterocycles. The fourth-order valence-electron chi connectivity index (χ4n) is 1.66. The third kappa shape index (κ3) is 9.36. The average molecular weight is 336 g/mol. The Morgan fingerprint density at radius 3 is 2.09 bits per heavy atom. The first-order valence-corrected chi connectivity index (χ1v) is 9.47. The van der Waals surface area contributed by atoms with Gasteiger partial charge in [0.1, 0.15) is 0 Å². The highest BCUT2D eigenvalue weighted by Gasteiger charge is 2.29. The number of unbranched alkanes of at least 4 members (excludes halogenated alkanes) is 3. The molecule has 0 saturated carbocycles. The molecular weight excluding hydrogens is 307 g/mol. The smallest absolute Gasteiger partial charge is 0.285 e. The minimum absolute atomic E-state index is 0.129. The lowest BCUT2D eigenvalue weighted by Crippen LogP contribution is -2.10. The lowest BCUT2D eigenvalue weighted by molar-refractivity contribution is -0.220. The largest absolute Gasteiger partial charge is 0.511 e. The van der Waals surface area contributed by atoms with Gasteiger partial charge in [0.2, 0.25) is 0 Å². The zero-order chi connectivity index (χ0) is 16.8. The summed E-state index contributed by atoms with van der Waals surface area (Å²) >= 11 is 0. The first-order chi connectivity index (χ1) is 10.5. The molecule has 22 heavy (non-hydrogen) atoms. The Bertz CT molecular complexity index is 370. The van der Waals surface area contributed by atoms with E-state index in [9.17, 15) is 9.36 Å². The lowest BCUT2D eigenvalue weighted by Gasteiger charge is -2.15. The molecular formula is C15H29O6P. The van der Waals surface area contributed by atoms with E-state index in [2.05, 4.69) is 16.5 Å². The van der Waals surface area contributed by atoms with Crippen LogP contribution in [0.15, 0.2) is 11.6 Å². The maximum Gasteiger partial charge on any atom is 0.511 e. The van der Waals surface area contributed by atoms with Gasteiger partial charge in [0, 0.05) is 5.57 Å². The van der Waals surface area contributed by atoms with Crippen molar-refractivity contribution in [3.05, 3.63) is 11.6 Å². The van der Waals surface area contributed by atoms with Gasteiger partial charge >= 0.3 is 13.8 Å². The topological polar surface area (TPSA) is 71.1 Å². The van der Waals surface area contributed by atoms with Crippen LogP contribution in [-0.4, -0.2) is 19.2 Å². The second-order valence-corrected chi connectivity index (χ2v) is 6.26. The van der Waals surface area contributed by atoms with Gasteiger partial charge in [0.15, 0.2) is 0 Å². The Morgan fingerprint density at radius 2 is 1.59 bits per heavy atom. The quantitative estimate of drug-likeness (QED) is 0.156. The summed E-state index contributed by atoms with van der Waals surface area (Å²) in [6, 6.07) is 0. The molecule has 0 N–H and O–H groups in total. The molecule has 0 radical (unpaired) electrons. The molecule has 0 fully saturated rings. The number of hydrogen-bond acceptors (Lipinski definition) is 6.